The van der Waals surface area contributed by atoms with Crippen molar-refractivity contribution in [2.24, 2.45) is 10.9 Å². The number of oxime groups is 1. The SMILES string of the molecule is C.CCCCOC(=O)NC(CNC(=O)C[C@H]1CC(c2ccc(C(=N)N)cc2)=NO1)C(=O)OC. The minimum absolute atomic E-state index is 0. The van der Waals surface area contributed by atoms with Crippen LogP contribution in [0.4, 0.5) is 4.79 Å². The van der Waals surface area contributed by atoms with Crippen LogP contribution in [-0.2, 0) is 23.9 Å². The van der Waals surface area contributed by atoms with E-state index in [1.54, 1.807) is 24.3 Å². The smallest absolute Gasteiger partial charge is 0.407 e. The minimum Gasteiger partial charge on any atom is -0.467 e. The van der Waals surface area contributed by atoms with Crippen molar-refractivity contribution in [1.82, 2.24) is 10.6 Å². The molecule has 1 aromatic rings. The lowest BCUT2D eigenvalue weighted by atomic mass is 10.0. The lowest BCUT2D eigenvalue weighted by molar-refractivity contribution is -0.143. The van der Waals surface area contributed by atoms with Gasteiger partial charge in [-0.15, -0.1) is 0 Å². The average molecular weight is 464 g/mol. The van der Waals surface area contributed by atoms with E-state index in [1.807, 2.05) is 6.92 Å². The largest absolute Gasteiger partial charge is 0.467 e. The van der Waals surface area contributed by atoms with Gasteiger partial charge in [0, 0.05) is 18.5 Å². The average Bonchev–Trinajstić information content (AvgIpc) is 3.24. The second-order valence-corrected chi connectivity index (χ2v) is 7.18. The van der Waals surface area contributed by atoms with Gasteiger partial charge >= 0.3 is 12.1 Å². The third-order valence-corrected chi connectivity index (χ3v) is 4.69. The molecule has 1 heterocycles. The van der Waals surface area contributed by atoms with Gasteiger partial charge in [-0.05, 0) is 12.0 Å². The summed E-state index contributed by atoms with van der Waals surface area (Å²) in [7, 11) is 1.19. The molecule has 0 aromatic heterocycles. The molecule has 11 nitrogen and oxygen atoms in total. The molecule has 0 saturated carbocycles. The third-order valence-electron chi connectivity index (χ3n) is 4.69. The molecule has 0 fully saturated rings. The molecular formula is C22H33N5O6. The predicted molar refractivity (Wildman–Crippen MR) is 123 cm³/mol. The van der Waals surface area contributed by atoms with Crippen molar-refractivity contribution in [3.05, 3.63) is 35.4 Å². The zero-order valence-electron chi connectivity index (χ0n) is 18.2. The molecule has 1 aromatic carbocycles. The maximum absolute atomic E-state index is 12.3. The Morgan fingerprint density at radius 3 is 2.61 bits per heavy atom. The number of nitrogens with one attached hydrogen (secondary N) is 3. The molecule has 33 heavy (non-hydrogen) atoms. The van der Waals surface area contributed by atoms with Crippen LogP contribution in [0.5, 0.6) is 0 Å². The first-order chi connectivity index (χ1) is 15.3. The van der Waals surface area contributed by atoms with Crippen LogP contribution in [0.25, 0.3) is 0 Å². The number of esters is 1. The van der Waals surface area contributed by atoms with E-state index in [1.165, 1.54) is 7.11 Å². The topological polar surface area (TPSA) is 165 Å². The standard InChI is InChI=1S/C21H29N5O6.CH4/c1-3-4-9-31-21(29)25-17(20(28)30-2)12-24-18(27)11-15-10-16(26-32-15)13-5-7-14(8-6-13)19(22)23;/h5-8,15,17H,3-4,9-12H2,1-2H3,(H3,22,23)(H,24,27)(H,25,29);1H4/t15-,17?;/m1./s1. The number of nitrogens with zero attached hydrogens (tertiary/aromatic N) is 1. The third kappa shape index (κ3) is 8.79. The number of amides is 2. The second-order valence-electron chi connectivity index (χ2n) is 7.18. The van der Waals surface area contributed by atoms with Crippen LogP contribution in [0.3, 0.4) is 0 Å². The molecular weight excluding hydrogens is 430 g/mol. The fourth-order valence-electron chi connectivity index (χ4n) is 2.87. The van der Waals surface area contributed by atoms with Gasteiger partial charge in [0.15, 0.2) is 0 Å². The minimum atomic E-state index is -1.07. The number of nitrogens with two attached hydrogens (primary N) is 1. The number of ether oxygens (including phenoxy) is 2. The maximum atomic E-state index is 12.3. The van der Waals surface area contributed by atoms with Gasteiger partial charge in [-0.3, -0.25) is 10.2 Å². The molecule has 2 rings (SSSR count). The number of benzene rings is 1. The summed E-state index contributed by atoms with van der Waals surface area (Å²) in [5, 5.41) is 16.4. The van der Waals surface area contributed by atoms with Crippen molar-refractivity contribution in [3.63, 3.8) is 0 Å². The molecule has 5 N–H and O–H groups in total. The monoisotopic (exact) mass is 463 g/mol. The Balaban J connectivity index is 0.00000544. The van der Waals surface area contributed by atoms with E-state index in [4.69, 9.17) is 20.7 Å². The summed E-state index contributed by atoms with van der Waals surface area (Å²) < 4.78 is 9.64. The van der Waals surface area contributed by atoms with Gasteiger partial charge in [0.05, 0.1) is 25.8 Å². The van der Waals surface area contributed by atoms with Crippen molar-refractivity contribution >= 4 is 29.5 Å². The number of alkyl carbamates (subject to hydrolysis) is 1. The molecule has 0 saturated heterocycles. The summed E-state index contributed by atoms with van der Waals surface area (Å²) in [5.41, 5.74) is 7.55. The predicted octanol–water partition coefficient (Wildman–Crippen LogP) is 1.67. The first kappa shape index (κ1) is 27.4. The number of hydrogen-bond acceptors (Lipinski definition) is 8. The van der Waals surface area contributed by atoms with E-state index in [0.29, 0.717) is 24.1 Å². The number of hydrogen-bond donors (Lipinski definition) is 4. The van der Waals surface area contributed by atoms with Crippen molar-refractivity contribution in [2.75, 3.05) is 20.3 Å². The Hall–Kier alpha value is -3.63. The highest BCUT2D eigenvalue weighted by Gasteiger charge is 2.27. The number of carbonyl (C=O) groups is 3. The Morgan fingerprint density at radius 1 is 1.30 bits per heavy atom. The van der Waals surface area contributed by atoms with Crippen molar-refractivity contribution in [3.8, 4) is 0 Å². The number of carbonyl (C=O) groups excluding carboxylic acids is 3. The Labute approximate surface area is 193 Å². The Kier molecular flexibility index (Phi) is 11.4. The summed E-state index contributed by atoms with van der Waals surface area (Å²) in [5.74, 6) is -1.09. The zero-order chi connectivity index (χ0) is 23.5. The van der Waals surface area contributed by atoms with Crippen molar-refractivity contribution in [1.29, 1.82) is 5.41 Å². The first-order valence-corrected chi connectivity index (χ1v) is 10.3. The number of rotatable bonds is 11. The number of unbranched alkanes of at least 4 members (excludes halogenated alkanes) is 1. The normalized spacial score (nSPS) is 15.2. The molecule has 1 aliphatic rings. The van der Waals surface area contributed by atoms with Gasteiger partial charge in [0.1, 0.15) is 18.0 Å². The molecule has 0 radical (unpaired) electrons. The van der Waals surface area contributed by atoms with Gasteiger partial charge in [0.25, 0.3) is 0 Å². The molecule has 0 spiro atoms. The number of nitrogen functional groups attached to an aromatic ring is 1. The van der Waals surface area contributed by atoms with Crippen molar-refractivity contribution in [2.45, 2.75) is 52.2 Å². The van der Waals surface area contributed by atoms with Gasteiger partial charge in [-0.1, -0.05) is 50.2 Å². The van der Waals surface area contributed by atoms with Gasteiger partial charge in [0.2, 0.25) is 5.91 Å². The molecule has 11 heteroatoms. The molecule has 182 valence electrons. The van der Waals surface area contributed by atoms with Crippen LogP contribution in [-0.4, -0.2) is 61.9 Å². The van der Waals surface area contributed by atoms with E-state index in [2.05, 4.69) is 20.5 Å². The van der Waals surface area contributed by atoms with Crippen LogP contribution >= 0.6 is 0 Å². The van der Waals surface area contributed by atoms with E-state index < -0.39 is 24.2 Å². The van der Waals surface area contributed by atoms with Gasteiger partial charge < -0.3 is 30.7 Å². The zero-order valence-corrected chi connectivity index (χ0v) is 18.2. The second kappa shape index (κ2) is 13.7. The van der Waals surface area contributed by atoms with E-state index in [9.17, 15) is 14.4 Å². The molecule has 0 aliphatic carbocycles. The van der Waals surface area contributed by atoms with E-state index in [-0.39, 0.29) is 38.7 Å². The van der Waals surface area contributed by atoms with E-state index >= 15 is 0 Å². The van der Waals surface area contributed by atoms with E-state index in [0.717, 1.165) is 12.0 Å². The maximum Gasteiger partial charge on any atom is 0.407 e. The fourth-order valence-corrected chi connectivity index (χ4v) is 2.87. The lowest BCUT2D eigenvalue weighted by Crippen LogP contribution is -2.49. The van der Waals surface area contributed by atoms with Gasteiger partial charge in [-0.2, -0.15) is 0 Å². The lowest BCUT2D eigenvalue weighted by Gasteiger charge is -2.17. The van der Waals surface area contributed by atoms with Crippen LogP contribution in [0.15, 0.2) is 29.4 Å². The highest BCUT2D eigenvalue weighted by Crippen LogP contribution is 2.19. The van der Waals surface area contributed by atoms with Crippen LogP contribution in [0.2, 0.25) is 0 Å². The summed E-state index contributed by atoms with van der Waals surface area (Å²) in [6.45, 7) is 2.04. The summed E-state index contributed by atoms with van der Waals surface area (Å²) in [4.78, 5) is 41.3. The molecule has 1 unspecified atom stereocenters. The quantitative estimate of drug-likeness (QED) is 0.168. The highest BCUT2D eigenvalue weighted by molar-refractivity contribution is 6.02. The summed E-state index contributed by atoms with van der Waals surface area (Å²) >= 11 is 0. The van der Waals surface area contributed by atoms with Crippen LogP contribution < -0.4 is 16.4 Å². The molecule has 1 aliphatic heterocycles. The first-order valence-electron chi connectivity index (χ1n) is 10.3. The number of amidine groups is 1. The van der Waals surface area contributed by atoms with Crippen LogP contribution in [0, 0.1) is 5.41 Å². The van der Waals surface area contributed by atoms with Crippen LogP contribution in [0.1, 0.15) is 51.2 Å². The van der Waals surface area contributed by atoms with Crippen molar-refractivity contribution < 1.29 is 28.7 Å². The molecule has 2 amide bonds. The highest BCUT2D eigenvalue weighted by atomic mass is 16.6. The Morgan fingerprint density at radius 2 is 2.00 bits per heavy atom. The molecule has 0 bridgehead atoms. The van der Waals surface area contributed by atoms with Gasteiger partial charge in [-0.25, -0.2) is 9.59 Å². The number of methoxy groups -OCH3 is 1. The Bertz CT molecular complexity index is 855. The summed E-state index contributed by atoms with van der Waals surface area (Å²) in [6.07, 6.45) is 0.807. The fraction of sp³-hybridized carbons (Fsp3) is 0.500. The summed E-state index contributed by atoms with van der Waals surface area (Å²) in [6, 6.07) is 5.93. The molecule has 2 atom stereocenters.